The number of hydrogen-bond acceptors (Lipinski definition) is 3. The van der Waals surface area contributed by atoms with Crippen LogP contribution in [0.3, 0.4) is 0 Å². The number of rotatable bonds is 5. The molecule has 0 saturated carbocycles. The zero-order chi connectivity index (χ0) is 14.6. The molecule has 0 aromatic heterocycles. The first-order valence-corrected chi connectivity index (χ1v) is 7.54. The van der Waals surface area contributed by atoms with Crippen LogP contribution in [0, 0.1) is 5.92 Å². The summed E-state index contributed by atoms with van der Waals surface area (Å²) in [5, 5.41) is 9.54. The largest absolute Gasteiger partial charge is 0.395 e. The smallest absolute Gasteiger partial charge is 0.237 e. The lowest BCUT2D eigenvalue weighted by Gasteiger charge is -2.40. The minimum atomic E-state index is 0.138. The van der Waals surface area contributed by atoms with Crippen molar-refractivity contribution in [2.75, 3.05) is 19.7 Å². The van der Waals surface area contributed by atoms with E-state index in [1.807, 2.05) is 4.90 Å². The van der Waals surface area contributed by atoms with Gasteiger partial charge < -0.3 is 10.0 Å². The number of piperidine rings is 1. The predicted octanol–water partition coefficient (Wildman–Crippen LogP) is 1.72. The summed E-state index contributed by atoms with van der Waals surface area (Å²) in [7, 11) is 0. The van der Waals surface area contributed by atoms with Crippen molar-refractivity contribution in [3.05, 3.63) is 0 Å². The Balaban J connectivity index is 2.68. The Bertz CT molecular complexity index is 284. The quantitative estimate of drug-likeness (QED) is 0.827. The summed E-state index contributed by atoms with van der Waals surface area (Å²) in [5.41, 5.74) is 0. The third kappa shape index (κ3) is 4.18. The molecule has 0 radical (unpaired) electrons. The van der Waals surface area contributed by atoms with E-state index in [0.29, 0.717) is 12.5 Å². The van der Waals surface area contributed by atoms with Gasteiger partial charge in [0, 0.05) is 18.1 Å². The van der Waals surface area contributed by atoms with Crippen LogP contribution < -0.4 is 0 Å². The monoisotopic (exact) mass is 270 g/mol. The van der Waals surface area contributed by atoms with E-state index in [2.05, 4.69) is 39.5 Å². The van der Waals surface area contributed by atoms with Gasteiger partial charge in [0.25, 0.3) is 0 Å². The van der Waals surface area contributed by atoms with E-state index in [4.69, 9.17) is 0 Å². The Morgan fingerprint density at radius 1 is 1.32 bits per heavy atom. The van der Waals surface area contributed by atoms with Gasteiger partial charge in [0.05, 0.1) is 13.2 Å². The van der Waals surface area contributed by atoms with Crippen LogP contribution in [-0.2, 0) is 4.79 Å². The van der Waals surface area contributed by atoms with Crippen LogP contribution in [0.15, 0.2) is 0 Å². The highest BCUT2D eigenvalue weighted by molar-refractivity contribution is 5.78. The van der Waals surface area contributed by atoms with Crippen molar-refractivity contribution in [1.29, 1.82) is 0 Å². The molecule has 0 spiro atoms. The van der Waals surface area contributed by atoms with Crippen LogP contribution in [0.4, 0.5) is 0 Å². The first kappa shape index (κ1) is 16.4. The summed E-state index contributed by atoms with van der Waals surface area (Å²) in [6.45, 7) is 11.9. The van der Waals surface area contributed by atoms with Gasteiger partial charge >= 0.3 is 0 Å². The van der Waals surface area contributed by atoms with E-state index in [1.165, 1.54) is 0 Å². The molecule has 112 valence electrons. The Morgan fingerprint density at radius 3 is 2.37 bits per heavy atom. The number of carbonyl (C=O) groups excluding carboxylic acids is 1. The molecule has 2 unspecified atom stereocenters. The number of carbonyl (C=O) groups is 1. The molecule has 1 aliphatic heterocycles. The lowest BCUT2D eigenvalue weighted by Crippen LogP contribution is -2.53. The van der Waals surface area contributed by atoms with E-state index >= 15 is 0 Å². The molecule has 4 heteroatoms. The molecule has 1 rings (SSSR count). The summed E-state index contributed by atoms with van der Waals surface area (Å²) in [5.74, 6) is 0.649. The number of aliphatic hydroxyl groups excluding tert-OH is 1. The van der Waals surface area contributed by atoms with E-state index < -0.39 is 0 Å². The van der Waals surface area contributed by atoms with Gasteiger partial charge in [-0.05, 0) is 53.0 Å². The maximum atomic E-state index is 12.5. The van der Waals surface area contributed by atoms with Crippen LogP contribution in [0.1, 0.15) is 47.5 Å². The van der Waals surface area contributed by atoms with Gasteiger partial charge in [-0.15, -0.1) is 0 Å². The van der Waals surface area contributed by atoms with Crippen molar-refractivity contribution < 1.29 is 9.90 Å². The first-order valence-electron chi connectivity index (χ1n) is 7.54. The standard InChI is InChI=1S/C15H30N2O2/c1-11(2)17(12(3)4)15(19)9-16-8-6-7-13(5)14(16)10-18/h11-14,18H,6-10H2,1-5H3. The van der Waals surface area contributed by atoms with Crippen LogP contribution in [-0.4, -0.2) is 58.6 Å². The van der Waals surface area contributed by atoms with Gasteiger partial charge in [-0.1, -0.05) is 6.92 Å². The van der Waals surface area contributed by atoms with Gasteiger partial charge in [-0.2, -0.15) is 0 Å². The fourth-order valence-corrected chi connectivity index (χ4v) is 3.25. The van der Waals surface area contributed by atoms with Crippen molar-refractivity contribution in [2.24, 2.45) is 5.92 Å². The molecule has 1 saturated heterocycles. The summed E-state index contributed by atoms with van der Waals surface area (Å²) in [6.07, 6.45) is 2.27. The SMILES string of the molecule is CC1CCCN(CC(=O)N(C(C)C)C(C)C)C1CO. The van der Waals surface area contributed by atoms with Gasteiger partial charge in [0.15, 0.2) is 0 Å². The van der Waals surface area contributed by atoms with Crippen molar-refractivity contribution in [1.82, 2.24) is 9.80 Å². The van der Waals surface area contributed by atoms with E-state index in [0.717, 1.165) is 19.4 Å². The molecular formula is C15H30N2O2. The van der Waals surface area contributed by atoms with Crippen LogP contribution >= 0.6 is 0 Å². The summed E-state index contributed by atoms with van der Waals surface area (Å²) < 4.78 is 0. The Kier molecular flexibility index (Phi) is 6.27. The average molecular weight is 270 g/mol. The summed E-state index contributed by atoms with van der Waals surface area (Å²) in [6, 6.07) is 0.587. The lowest BCUT2D eigenvalue weighted by atomic mass is 9.91. The van der Waals surface area contributed by atoms with Crippen LogP contribution in [0.25, 0.3) is 0 Å². The van der Waals surface area contributed by atoms with Crippen LogP contribution in [0.2, 0.25) is 0 Å². The van der Waals surface area contributed by atoms with Crippen molar-refractivity contribution in [3.8, 4) is 0 Å². The van der Waals surface area contributed by atoms with Gasteiger partial charge in [-0.3, -0.25) is 9.69 Å². The fraction of sp³-hybridized carbons (Fsp3) is 0.933. The third-order valence-corrected chi connectivity index (χ3v) is 4.16. The molecule has 19 heavy (non-hydrogen) atoms. The molecule has 0 aliphatic carbocycles. The van der Waals surface area contributed by atoms with Gasteiger partial charge in [-0.25, -0.2) is 0 Å². The second-order valence-electron chi connectivity index (χ2n) is 6.33. The minimum absolute atomic E-state index is 0.138. The molecule has 1 N–H and O–H groups in total. The normalized spacial score (nSPS) is 25.1. The highest BCUT2D eigenvalue weighted by Crippen LogP contribution is 2.23. The topological polar surface area (TPSA) is 43.8 Å². The lowest BCUT2D eigenvalue weighted by molar-refractivity contribution is -0.137. The molecule has 1 amide bonds. The maximum Gasteiger partial charge on any atom is 0.237 e. The highest BCUT2D eigenvalue weighted by atomic mass is 16.3. The molecule has 1 fully saturated rings. The molecule has 2 atom stereocenters. The van der Waals surface area contributed by atoms with Crippen LogP contribution in [0.5, 0.6) is 0 Å². The average Bonchev–Trinajstić information content (AvgIpc) is 2.27. The summed E-state index contributed by atoms with van der Waals surface area (Å²) >= 11 is 0. The maximum absolute atomic E-state index is 12.5. The molecule has 1 heterocycles. The van der Waals surface area contributed by atoms with E-state index in [1.54, 1.807) is 0 Å². The third-order valence-electron chi connectivity index (χ3n) is 4.16. The molecule has 0 bridgehead atoms. The molecular weight excluding hydrogens is 240 g/mol. The number of amides is 1. The van der Waals surface area contributed by atoms with Crippen molar-refractivity contribution >= 4 is 5.91 Å². The van der Waals surface area contributed by atoms with Crippen molar-refractivity contribution in [2.45, 2.75) is 65.6 Å². The van der Waals surface area contributed by atoms with Crippen molar-refractivity contribution in [3.63, 3.8) is 0 Å². The number of likely N-dealkylation sites (tertiary alicyclic amines) is 1. The molecule has 4 nitrogen and oxygen atoms in total. The van der Waals surface area contributed by atoms with E-state index in [9.17, 15) is 9.90 Å². The predicted molar refractivity (Wildman–Crippen MR) is 78.0 cm³/mol. The molecule has 0 aromatic carbocycles. The Morgan fingerprint density at radius 2 is 1.89 bits per heavy atom. The first-order chi connectivity index (χ1) is 8.88. The minimum Gasteiger partial charge on any atom is -0.395 e. The second-order valence-corrected chi connectivity index (χ2v) is 6.33. The summed E-state index contributed by atoms with van der Waals surface area (Å²) in [4.78, 5) is 16.6. The van der Waals surface area contributed by atoms with Gasteiger partial charge in [0.1, 0.15) is 0 Å². The Hall–Kier alpha value is -0.610. The van der Waals surface area contributed by atoms with Gasteiger partial charge in [0.2, 0.25) is 5.91 Å². The zero-order valence-corrected chi connectivity index (χ0v) is 13.1. The highest BCUT2D eigenvalue weighted by Gasteiger charge is 2.31. The number of nitrogens with zero attached hydrogens (tertiary/aromatic N) is 2. The second kappa shape index (κ2) is 7.25. The zero-order valence-electron chi connectivity index (χ0n) is 13.1. The molecule has 0 aromatic rings. The Labute approximate surface area is 117 Å². The fourth-order valence-electron chi connectivity index (χ4n) is 3.25. The number of aliphatic hydroxyl groups is 1. The van der Waals surface area contributed by atoms with E-state index in [-0.39, 0.29) is 30.6 Å². The number of hydrogen-bond donors (Lipinski definition) is 1. The molecule has 1 aliphatic rings.